The Morgan fingerprint density at radius 3 is 2.66 bits per heavy atom. The van der Waals surface area contributed by atoms with E-state index in [4.69, 9.17) is 4.74 Å². The highest BCUT2D eigenvalue weighted by Gasteiger charge is 2.14. The third-order valence-corrected chi connectivity index (χ3v) is 5.13. The number of benzene rings is 2. The number of hydrogen-bond acceptors (Lipinski definition) is 4. The SMILES string of the molecule is CC.O=C(OCC1=CC=CCCC1)c1ccc2[nH]c(=O)n(Cc3ccccc3)c(=O)c2c1. The molecule has 1 N–H and O–H groups in total. The van der Waals surface area contributed by atoms with E-state index in [9.17, 15) is 14.4 Å². The first-order valence-electron chi connectivity index (χ1n) is 10.9. The Morgan fingerprint density at radius 2 is 1.88 bits per heavy atom. The van der Waals surface area contributed by atoms with Gasteiger partial charge in [-0.15, -0.1) is 0 Å². The zero-order chi connectivity index (χ0) is 22.9. The van der Waals surface area contributed by atoms with Crippen LogP contribution in [-0.2, 0) is 11.3 Å². The highest BCUT2D eigenvalue weighted by molar-refractivity contribution is 5.94. The number of rotatable bonds is 5. The summed E-state index contributed by atoms with van der Waals surface area (Å²) in [6.45, 7) is 4.38. The first-order chi connectivity index (χ1) is 15.6. The molecule has 0 saturated heterocycles. The van der Waals surface area contributed by atoms with Crippen LogP contribution < -0.4 is 11.2 Å². The molecule has 1 aliphatic rings. The molecular weight excluding hydrogens is 404 g/mol. The average Bonchev–Trinajstić information content (AvgIpc) is 3.11. The van der Waals surface area contributed by atoms with Gasteiger partial charge in [0.05, 0.1) is 23.0 Å². The van der Waals surface area contributed by atoms with Crippen molar-refractivity contribution in [3.05, 3.63) is 104 Å². The first-order valence-corrected chi connectivity index (χ1v) is 10.9. The average molecular weight is 433 g/mol. The highest BCUT2D eigenvalue weighted by atomic mass is 16.5. The molecule has 6 heteroatoms. The maximum Gasteiger partial charge on any atom is 0.338 e. The van der Waals surface area contributed by atoms with Gasteiger partial charge in [-0.25, -0.2) is 9.59 Å². The molecule has 2 aromatic carbocycles. The normalized spacial score (nSPS) is 13.0. The van der Waals surface area contributed by atoms with Crippen molar-refractivity contribution < 1.29 is 9.53 Å². The summed E-state index contributed by atoms with van der Waals surface area (Å²) in [6, 6.07) is 13.9. The lowest BCUT2D eigenvalue weighted by atomic mass is 10.1. The Morgan fingerprint density at radius 1 is 1.09 bits per heavy atom. The summed E-state index contributed by atoms with van der Waals surface area (Å²) in [6.07, 6.45) is 9.00. The van der Waals surface area contributed by atoms with E-state index in [1.807, 2.05) is 56.3 Å². The maximum absolute atomic E-state index is 12.9. The van der Waals surface area contributed by atoms with Crippen molar-refractivity contribution in [3.8, 4) is 0 Å². The number of nitrogens with one attached hydrogen (secondary N) is 1. The number of aromatic nitrogens is 2. The molecule has 0 fully saturated rings. The number of aromatic amines is 1. The molecule has 0 amide bonds. The van der Waals surface area contributed by atoms with Gasteiger partial charge in [0.2, 0.25) is 0 Å². The van der Waals surface area contributed by atoms with Crippen LogP contribution in [0.5, 0.6) is 0 Å². The number of esters is 1. The minimum Gasteiger partial charge on any atom is -0.458 e. The lowest BCUT2D eigenvalue weighted by molar-refractivity contribution is 0.0537. The van der Waals surface area contributed by atoms with Crippen molar-refractivity contribution in [2.45, 2.75) is 39.7 Å². The summed E-state index contributed by atoms with van der Waals surface area (Å²) in [4.78, 5) is 40.6. The van der Waals surface area contributed by atoms with Crippen LogP contribution in [0.1, 0.15) is 49.0 Å². The van der Waals surface area contributed by atoms with Crippen molar-refractivity contribution in [2.75, 3.05) is 6.61 Å². The Labute approximate surface area is 186 Å². The second-order valence-corrected chi connectivity index (χ2v) is 7.29. The smallest absolute Gasteiger partial charge is 0.338 e. The van der Waals surface area contributed by atoms with Crippen LogP contribution in [0.15, 0.2) is 81.9 Å². The third kappa shape index (κ3) is 5.52. The van der Waals surface area contributed by atoms with Crippen molar-refractivity contribution >= 4 is 16.9 Å². The van der Waals surface area contributed by atoms with E-state index >= 15 is 0 Å². The second-order valence-electron chi connectivity index (χ2n) is 7.29. The number of H-pyrrole nitrogens is 1. The summed E-state index contributed by atoms with van der Waals surface area (Å²) >= 11 is 0. The topological polar surface area (TPSA) is 81.2 Å². The first kappa shape index (κ1) is 23.0. The van der Waals surface area contributed by atoms with Crippen LogP contribution in [0.3, 0.4) is 0 Å². The number of allylic oxidation sites excluding steroid dienone is 3. The van der Waals surface area contributed by atoms with E-state index in [0.717, 1.165) is 35.0 Å². The molecule has 1 aliphatic carbocycles. The fraction of sp³-hybridized carbons (Fsp3) is 0.269. The highest BCUT2D eigenvalue weighted by Crippen LogP contribution is 2.15. The fourth-order valence-electron chi connectivity index (χ4n) is 3.48. The monoisotopic (exact) mass is 432 g/mol. The Kier molecular flexibility index (Phi) is 7.97. The molecule has 0 unspecified atom stereocenters. The lowest BCUT2D eigenvalue weighted by Crippen LogP contribution is -2.35. The standard InChI is InChI=1S/C24H22N2O4.C2H6/c27-22-20-14-19(23(28)30-16-18-10-4-1-2-5-11-18)12-13-21(20)25-24(29)26(22)15-17-8-6-3-7-9-17;1-2/h1,3-4,6-10,12-14H,2,5,11,15-16H2,(H,25,29);1-2H3. The number of carbonyl (C=O) groups excluding carboxylic acids is 1. The quantitative estimate of drug-likeness (QED) is 0.598. The molecule has 4 rings (SSSR count). The summed E-state index contributed by atoms with van der Waals surface area (Å²) in [5, 5.41) is 0.275. The summed E-state index contributed by atoms with van der Waals surface area (Å²) in [7, 11) is 0. The Bertz CT molecular complexity index is 1250. The van der Waals surface area contributed by atoms with Crippen molar-refractivity contribution in [2.24, 2.45) is 0 Å². The van der Waals surface area contributed by atoms with Crippen LogP contribution in [0.4, 0.5) is 0 Å². The summed E-state index contributed by atoms with van der Waals surface area (Å²) < 4.78 is 6.57. The van der Waals surface area contributed by atoms with Gasteiger partial charge in [-0.2, -0.15) is 0 Å². The molecule has 166 valence electrons. The van der Waals surface area contributed by atoms with E-state index in [2.05, 4.69) is 11.1 Å². The number of carbonyl (C=O) groups is 1. The van der Waals surface area contributed by atoms with Gasteiger partial charge >= 0.3 is 11.7 Å². The molecule has 0 aliphatic heterocycles. The van der Waals surface area contributed by atoms with Crippen molar-refractivity contribution in [1.29, 1.82) is 0 Å². The van der Waals surface area contributed by atoms with Gasteiger partial charge in [0.1, 0.15) is 6.61 Å². The molecule has 32 heavy (non-hydrogen) atoms. The molecule has 3 aromatic rings. The molecular formula is C26H28N2O4. The summed E-state index contributed by atoms with van der Waals surface area (Å²) in [5.41, 5.74) is 1.65. The molecule has 1 heterocycles. The lowest BCUT2D eigenvalue weighted by Gasteiger charge is -2.09. The summed E-state index contributed by atoms with van der Waals surface area (Å²) in [5.74, 6) is -0.494. The minimum atomic E-state index is -0.494. The van der Waals surface area contributed by atoms with E-state index in [1.165, 1.54) is 6.07 Å². The molecule has 0 radical (unpaired) electrons. The number of fused-ring (bicyclic) bond motifs is 1. The minimum absolute atomic E-state index is 0.154. The van der Waals surface area contributed by atoms with Crippen LogP contribution in [0.25, 0.3) is 10.9 Å². The molecule has 0 saturated carbocycles. The van der Waals surface area contributed by atoms with Gasteiger partial charge in [0, 0.05) is 0 Å². The van der Waals surface area contributed by atoms with Gasteiger partial charge in [-0.1, -0.05) is 62.4 Å². The number of ether oxygens (including phenoxy) is 1. The van der Waals surface area contributed by atoms with Gasteiger partial charge in [0.25, 0.3) is 5.56 Å². The van der Waals surface area contributed by atoms with Gasteiger partial charge < -0.3 is 9.72 Å². The molecule has 0 atom stereocenters. The predicted octanol–water partition coefficient (Wildman–Crippen LogP) is 4.59. The molecule has 1 aromatic heterocycles. The molecule has 0 bridgehead atoms. The van der Waals surface area contributed by atoms with Crippen LogP contribution in [-0.4, -0.2) is 22.1 Å². The van der Waals surface area contributed by atoms with E-state index < -0.39 is 17.2 Å². The number of hydrogen-bond donors (Lipinski definition) is 1. The van der Waals surface area contributed by atoms with Crippen LogP contribution >= 0.6 is 0 Å². The zero-order valence-electron chi connectivity index (χ0n) is 18.5. The van der Waals surface area contributed by atoms with E-state index in [1.54, 1.807) is 12.1 Å². The molecule has 6 nitrogen and oxygen atoms in total. The van der Waals surface area contributed by atoms with Crippen LogP contribution in [0.2, 0.25) is 0 Å². The van der Waals surface area contributed by atoms with Gasteiger partial charge in [-0.3, -0.25) is 9.36 Å². The zero-order valence-corrected chi connectivity index (χ0v) is 18.5. The predicted molar refractivity (Wildman–Crippen MR) is 127 cm³/mol. The molecule has 0 spiro atoms. The van der Waals surface area contributed by atoms with Crippen LogP contribution in [0, 0.1) is 0 Å². The van der Waals surface area contributed by atoms with Crippen molar-refractivity contribution in [3.63, 3.8) is 0 Å². The second kappa shape index (κ2) is 11.1. The largest absolute Gasteiger partial charge is 0.458 e. The van der Waals surface area contributed by atoms with Crippen molar-refractivity contribution in [1.82, 2.24) is 9.55 Å². The van der Waals surface area contributed by atoms with E-state index in [0.29, 0.717) is 5.52 Å². The van der Waals surface area contributed by atoms with Gasteiger partial charge in [0.15, 0.2) is 0 Å². The van der Waals surface area contributed by atoms with Gasteiger partial charge in [-0.05, 0) is 48.6 Å². The fourth-order valence-corrected chi connectivity index (χ4v) is 3.48. The number of nitrogens with zero attached hydrogens (tertiary/aromatic N) is 1. The Hall–Kier alpha value is -3.67. The van der Waals surface area contributed by atoms with E-state index in [-0.39, 0.29) is 24.1 Å². The third-order valence-electron chi connectivity index (χ3n) is 5.13. The Balaban J connectivity index is 0.00000141. The maximum atomic E-state index is 12.9.